The van der Waals surface area contributed by atoms with Crippen molar-refractivity contribution in [3.05, 3.63) is 18.2 Å². The van der Waals surface area contributed by atoms with Crippen LogP contribution in [0.5, 0.6) is 0 Å². The van der Waals surface area contributed by atoms with E-state index in [0.717, 1.165) is 12.8 Å². The van der Waals surface area contributed by atoms with Gasteiger partial charge >= 0.3 is 5.97 Å². The molecule has 1 unspecified atom stereocenters. The average Bonchev–Trinajstić information content (AvgIpc) is 2.96. The lowest BCUT2D eigenvalue weighted by atomic mass is 10.2. The van der Waals surface area contributed by atoms with E-state index < -0.39 is 12.0 Å². The van der Waals surface area contributed by atoms with Crippen LogP contribution < -0.4 is 5.32 Å². The molecule has 0 aliphatic heterocycles. The summed E-state index contributed by atoms with van der Waals surface area (Å²) >= 11 is 0. The molecule has 0 saturated heterocycles. The van der Waals surface area contributed by atoms with Crippen LogP contribution >= 0.6 is 0 Å². The SMILES string of the molecule is Cn1cncc1C(=O)NC(C(=O)O)C1CC1. The summed E-state index contributed by atoms with van der Waals surface area (Å²) in [5, 5.41) is 11.5. The van der Waals surface area contributed by atoms with Gasteiger partial charge in [0.2, 0.25) is 0 Å². The first-order valence-electron chi connectivity index (χ1n) is 5.09. The summed E-state index contributed by atoms with van der Waals surface area (Å²) in [5.74, 6) is -1.29. The lowest BCUT2D eigenvalue weighted by molar-refractivity contribution is -0.139. The first kappa shape index (κ1) is 10.7. The molecule has 16 heavy (non-hydrogen) atoms. The number of carbonyl (C=O) groups is 2. The fourth-order valence-corrected chi connectivity index (χ4v) is 1.60. The molecule has 0 radical (unpaired) electrons. The topological polar surface area (TPSA) is 84.2 Å². The minimum Gasteiger partial charge on any atom is -0.480 e. The number of rotatable bonds is 4. The van der Waals surface area contributed by atoms with Gasteiger partial charge in [-0.1, -0.05) is 0 Å². The van der Waals surface area contributed by atoms with Crippen LogP contribution in [0.3, 0.4) is 0 Å². The van der Waals surface area contributed by atoms with Gasteiger partial charge in [0.1, 0.15) is 11.7 Å². The Morgan fingerprint density at radius 3 is 2.75 bits per heavy atom. The number of aryl methyl sites for hydroxylation is 1. The normalized spacial score (nSPS) is 16.8. The largest absolute Gasteiger partial charge is 0.480 e. The van der Waals surface area contributed by atoms with E-state index in [2.05, 4.69) is 10.3 Å². The van der Waals surface area contributed by atoms with Crippen LogP contribution in [0.2, 0.25) is 0 Å². The molecule has 0 bridgehead atoms. The Balaban J connectivity index is 2.06. The minimum absolute atomic E-state index is 0.0784. The first-order valence-corrected chi connectivity index (χ1v) is 5.09. The van der Waals surface area contributed by atoms with Crippen molar-refractivity contribution in [2.45, 2.75) is 18.9 Å². The van der Waals surface area contributed by atoms with Gasteiger partial charge in [0.25, 0.3) is 5.91 Å². The molecular formula is C10H13N3O3. The summed E-state index contributed by atoms with van der Waals surface area (Å²) < 4.78 is 1.56. The summed E-state index contributed by atoms with van der Waals surface area (Å²) in [5.41, 5.74) is 0.367. The van der Waals surface area contributed by atoms with Gasteiger partial charge in [0, 0.05) is 7.05 Å². The lowest BCUT2D eigenvalue weighted by Gasteiger charge is -2.13. The van der Waals surface area contributed by atoms with Crippen molar-refractivity contribution in [2.75, 3.05) is 0 Å². The zero-order valence-corrected chi connectivity index (χ0v) is 8.88. The summed E-state index contributed by atoms with van der Waals surface area (Å²) in [6, 6.07) is -0.776. The van der Waals surface area contributed by atoms with Crippen molar-refractivity contribution in [1.82, 2.24) is 14.9 Å². The number of aliphatic carboxylic acids is 1. The Labute approximate surface area is 92.3 Å². The Hall–Kier alpha value is -1.85. The number of carboxylic acids is 1. The van der Waals surface area contributed by atoms with E-state index in [-0.39, 0.29) is 11.8 Å². The minimum atomic E-state index is -0.974. The van der Waals surface area contributed by atoms with Crippen molar-refractivity contribution in [2.24, 2.45) is 13.0 Å². The van der Waals surface area contributed by atoms with E-state index >= 15 is 0 Å². The van der Waals surface area contributed by atoms with Crippen molar-refractivity contribution in [1.29, 1.82) is 0 Å². The van der Waals surface area contributed by atoms with E-state index in [1.807, 2.05) is 0 Å². The van der Waals surface area contributed by atoms with E-state index in [1.165, 1.54) is 12.5 Å². The van der Waals surface area contributed by atoms with E-state index in [9.17, 15) is 9.59 Å². The van der Waals surface area contributed by atoms with Crippen LogP contribution in [-0.2, 0) is 11.8 Å². The lowest BCUT2D eigenvalue weighted by Crippen LogP contribution is -2.42. The van der Waals surface area contributed by atoms with Crippen LogP contribution in [0.25, 0.3) is 0 Å². The molecule has 2 N–H and O–H groups in total. The van der Waals surface area contributed by atoms with Crippen molar-refractivity contribution in [3.63, 3.8) is 0 Å². The Morgan fingerprint density at radius 1 is 1.62 bits per heavy atom. The van der Waals surface area contributed by atoms with E-state index in [4.69, 9.17) is 5.11 Å². The van der Waals surface area contributed by atoms with Crippen molar-refractivity contribution < 1.29 is 14.7 Å². The molecule has 1 heterocycles. The fraction of sp³-hybridized carbons (Fsp3) is 0.500. The van der Waals surface area contributed by atoms with Crippen LogP contribution in [0.4, 0.5) is 0 Å². The molecule has 6 nitrogen and oxygen atoms in total. The highest BCUT2D eigenvalue weighted by Crippen LogP contribution is 2.32. The van der Waals surface area contributed by atoms with Crippen LogP contribution in [0.1, 0.15) is 23.3 Å². The van der Waals surface area contributed by atoms with Gasteiger partial charge in [-0.15, -0.1) is 0 Å². The molecule has 1 aliphatic rings. The molecule has 86 valence electrons. The number of nitrogens with one attached hydrogen (secondary N) is 1. The molecule has 1 atom stereocenters. The summed E-state index contributed by atoms with van der Waals surface area (Å²) in [6.07, 6.45) is 4.65. The van der Waals surface area contributed by atoms with Crippen molar-refractivity contribution >= 4 is 11.9 Å². The number of imidazole rings is 1. The second-order valence-electron chi connectivity index (χ2n) is 4.02. The molecule has 2 rings (SSSR count). The quantitative estimate of drug-likeness (QED) is 0.753. The van der Waals surface area contributed by atoms with Gasteiger partial charge in [0.05, 0.1) is 12.5 Å². The number of aromatic nitrogens is 2. The predicted octanol–water partition coefficient (Wildman–Crippen LogP) is 0.0131. The average molecular weight is 223 g/mol. The first-order chi connectivity index (χ1) is 7.59. The summed E-state index contributed by atoms with van der Waals surface area (Å²) in [7, 11) is 1.69. The Morgan fingerprint density at radius 2 is 2.31 bits per heavy atom. The van der Waals surface area contributed by atoms with Gasteiger partial charge in [-0.3, -0.25) is 4.79 Å². The molecule has 0 aromatic carbocycles. The van der Waals surface area contributed by atoms with Crippen LogP contribution in [0.15, 0.2) is 12.5 Å². The third-order valence-corrected chi connectivity index (χ3v) is 2.70. The highest BCUT2D eigenvalue weighted by atomic mass is 16.4. The number of carboxylic acid groups (broad SMARTS) is 1. The number of hydrogen-bond donors (Lipinski definition) is 2. The van der Waals surface area contributed by atoms with Gasteiger partial charge in [-0.25, -0.2) is 9.78 Å². The summed E-state index contributed by atoms with van der Waals surface area (Å²) in [6.45, 7) is 0. The highest BCUT2D eigenvalue weighted by molar-refractivity contribution is 5.95. The zero-order valence-electron chi connectivity index (χ0n) is 8.88. The maximum absolute atomic E-state index is 11.7. The van der Waals surface area contributed by atoms with E-state index in [1.54, 1.807) is 11.6 Å². The summed E-state index contributed by atoms with van der Waals surface area (Å²) in [4.78, 5) is 26.5. The number of amides is 1. The smallest absolute Gasteiger partial charge is 0.326 e. The van der Waals surface area contributed by atoms with Crippen molar-refractivity contribution in [3.8, 4) is 0 Å². The molecular weight excluding hydrogens is 210 g/mol. The highest BCUT2D eigenvalue weighted by Gasteiger charge is 2.37. The maximum atomic E-state index is 11.7. The molecule has 1 fully saturated rings. The molecule has 1 amide bonds. The molecule has 1 aromatic heterocycles. The maximum Gasteiger partial charge on any atom is 0.326 e. The van der Waals surface area contributed by atoms with Gasteiger partial charge in [0.15, 0.2) is 0 Å². The number of hydrogen-bond acceptors (Lipinski definition) is 3. The monoisotopic (exact) mass is 223 g/mol. The predicted molar refractivity (Wildman–Crippen MR) is 54.8 cm³/mol. The van der Waals surface area contributed by atoms with Gasteiger partial charge in [-0.2, -0.15) is 0 Å². The second-order valence-corrected chi connectivity index (χ2v) is 4.02. The zero-order chi connectivity index (χ0) is 11.7. The Bertz CT molecular complexity index is 423. The second kappa shape index (κ2) is 3.96. The number of carbonyl (C=O) groups excluding carboxylic acids is 1. The molecule has 0 spiro atoms. The van der Waals surface area contributed by atoms with E-state index in [0.29, 0.717) is 5.69 Å². The third kappa shape index (κ3) is 2.05. The molecule has 1 aliphatic carbocycles. The molecule has 1 saturated carbocycles. The third-order valence-electron chi connectivity index (χ3n) is 2.70. The van der Waals surface area contributed by atoms with Crippen LogP contribution in [0, 0.1) is 5.92 Å². The van der Waals surface area contributed by atoms with Gasteiger partial charge in [-0.05, 0) is 18.8 Å². The fourth-order valence-electron chi connectivity index (χ4n) is 1.60. The Kier molecular flexibility index (Phi) is 2.64. The van der Waals surface area contributed by atoms with Gasteiger partial charge < -0.3 is 15.0 Å². The molecule has 6 heteroatoms. The molecule has 1 aromatic rings. The number of nitrogens with zero attached hydrogens (tertiary/aromatic N) is 2. The standard InChI is InChI=1S/C10H13N3O3/c1-13-5-11-4-7(13)9(14)12-8(10(15)16)6-2-3-6/h4-6,8H,2-3H2,1H3,(H,12,14)(H,15,16). The van der Waals surface area contributed by atoms with Crippen LogP contribution in [-0.4, -0.2) is 32.6 Å².